The first-order valence-corrected chi connectivity index (χ1v) is 10.5. The van der Waals surface area contributed by atoms with E-state index in [-0.39, 0.29) is 18.1 Å². The van der Waals surface area contributed by atoms with Crippen molar-refractivity contribution < 1.29 is 20.4 Å². The number of hydrogen-bond donors (Lipinski definition) is 4. The Bertz CT molecular complexity index is 524. The summed E-state index contributed by atoms with van der Waals surface area (Å²) in [5, 5.41) is 41.3. The normalized spacial score (nSPS) is 56.6. The number of rotatable bonds is 2. The van der Waals surface area contributed by atoms with Crippen molar-refractivity contribution in [3.63, 3.8) is 0 Å². The van der Waals surface area contributed by atoms with Crippen LogP contribution in [0.5, 0.6) is 0 Å². The quantitative estimate of drug-likeness (QED) is 0.615. The summed E-state index contributed by atoms with van der Waals surface area (Å²) in [4.78, 5) is 0. The van der Waals surface area contributed by atoms with E-state index in [9.17, 15) is 20.4 Å². The Morgan fingerprint density at radius 1 is 0.960 bits per heavy atom. The van der Waals surface area contributed by atoms with Crippen molar-refractivity contribution in [2.45, 2.75) is 89.4 Å². The zero-order valence-corrected chi connectivity index (χ0v) is 15.8. The zero-order chi connectivity index (χ0) is 18.0. The Morgan fingerprint density at radius 2 is 1.68 bits per heavy atom. The second-order valence-electron chi connectivity index (χ2n) is 10.2. The predicted octanol–water partition coefficient (Wildman–Crippen LogP) is 2.47. The number of hydrogen-bond acceptors (Lipinski definition) is 4. The van der Waals surface area contributed by atoms with Gasteiger partial charge in [0.25, 0.3) is 0 Å². The van der Waals surface area contributed by atoms with Gasteiger partial charge in [-0.2, -0.15) is 0 Å². The lowest BCUT2D eigenvalue weighted by molar-refractivity contribution is -0.196. The molecule has 4 aliphatic carbocycles. The molecule has 4 rings (SSSR count). The molecule has 0 amide bonds. The third-order valence-electron chi connectivity index (χ3n) is 9.58. The Hall–Kier alpha value is -0.160. The van der Waals surface area contributed by atoms with Gasteiger partial charge in [-0.25, -0.2) is 0 Å². The highest BCUT2D eigenvalue weighted by atomic mass is 16.4. The van der Waals surface area contributed by atoms with E-state index in [0.29, 0.717) is 35.5 Å². The van der Waals surface area contributed by atoms with E-state index in [1.54, 1.807) is 0 Å². The van der Waals surface area contributed by atoms with Crippen LogP contribution in [0.2, 0.25) is 0 Å². The fraction of sp³-hybridized carbons (Fsp3) is 1.00. The van der Waals surface area contributed by atoms with Crippen LogP contribution in [0.15, 0.2) is 0 Å². The molecule has 4 nitrogen and oxygen atoms in total. The smallest absolute Gasteiger partial charge is 0.106 e. The molecule has 0 aromatic heterocycles. The van der Waals surface area contributed by atoms with Gasteiger partial charge in [-0.1, -0.05) is 13.8 Å². The lowest BCUT2D eigenvalue weighted by Crippen LogP contribution is -2.60. The third kappa shape index (κ3) is 2.33. The molecule has 4 heteroatoms. The average Bonchev–Trinajstić information content (AvgIpc) is 2.87. The van der Waals surface area contributed by atoms with Gasteiger partial charge in [0.2, 0.25) is 0 Å². The lowest BCUT2D eigenvalue weighted by atomic mass is 9.44. The molecule has 0 aromatic rings. The molecular formula is C21H36O4. The number of aliphatic hydroxyl groups excluding tert-OH is 3. The first-order chi connectivity index (χ1) is 11.8. The summed E-state index contributed by atoms with van der Waals surface area (Å²) in [5.41, 5.74) is -1.09. The van der Waals surface area contributed by atoms with Crippen LogP contribution in [-0.2, 0) is 0 Å². The van der Waals surface area contributed by atoms with Crippen molar-refractivity contribution in [1.82, 2.24) is 0 Å². The molecule has 0 heterocycles. The van der Waals surface area contributed by atoms with Crippen LogP contribution in [0.1, 0.15) is 71.6 Å². The molecule has 4 saturated carbocycles. The van der Waals surface area contributed by atoms with E-state index >= 15 is 0 Å². The molecule has 2 unspecified atom stereocenters. The largest absolute Gasteiger partial charge is 0.394 e. The van der Waals surface area contributed by atoms with Crippen molar-refractivity contribution in [2.75, 3.05) is 6.61 Å². The predicted molar refractivity (Wildman–Crippen MR) is 95.8 cm³/mol. The topological polar surface area (TPSA) is 80.9 Å². The molecule has 144 valence electrons. The first kappa shape index (κ1) is 18.2. The average molecular weight is 353 g/mol. The number of aliphatic hydroxyl groups is 4. The van der Waals surface area contributed by atoms with Gasteiger partial charge in [0.15, 0.2) is 0 Å². The highest BCUT2D eigenvalue weighted by Crippen LogP contribution is 2.68. The summed E-state index contributed by atoms with van der Waals surface area (Å²) in [7, 11) is 0. The van der Waals surface area contributed by atoms with Crippen molar-refractivity contribution in [3.8, 4) is 0 Å². The molecule has 0 aliphatic heterocycles. The van der Waals surface area contributed by atoms with Gasteiger partial charge in [0.1, 0.15) is 6.10 Å². The molecule has 0 aromatic carbocycles. The van der Waals surface area contributed by atoms with Crippen molar-refractivity contribution in [1.29, 1.82) is 0 Å². The summed E-state index contributed by atoms with van der Waals surface area (Å²) < 4.78 is 0. The van der Waals surface area contributed by atoms with Gasteiger partial charge >= 0.3 is 0 Å². The molecule has 4 fully saturated rings. The van der Waals surface area contributed by atoms with Crippen molar-refractivity contribution in [2.24, 2.45) is 34.5 Å². The summed E-state index contributed by atoms with van der Waals surface area (Å²) >= 11 is 0. The summed E-state index contributed by atoms with van der Waals surface area (Å²) in [6.07, 6.45) is 7.92. The van der Waals surface area contributed by atoms with Crippen LogP contribution >= 0.6 is 0 Å². The van der Waals surface area contributed by atoms with Gasteiger partial charge in [0, 0.05) is 5.41 Å². The molecule has 9 atom stereocenters. The second kappa shape index (κ2) is 5.92. The fourth-order valence-electron chi connectivity index (χ4n) is 7.98. The molecule has 4 N–H and O–H groups in total. The van der Waals surface area contributed by atoms with E-state index in [0.717, 1.165) is 38.5 Å². The number of fused-ring (bicyclic) bond motifs is 5. The molecule has 4 aliphatic rings. The molecule has 0 saturated heterocycles. The van der Waals surface area contributed by atoms with Crippen molar-refractivity contribution in [3.05, 3.63) is 0 Å². The van der Waals surface area contributed by atoms with Gasteiger partial charge < -0.3 is 20.4 Å². The standard InChI is InChI=1S/C21H36O4/c1-19-8-5-14(23)11-13(19)3-4-15-16(19)6-9-20(2)17(15)7-10-21(20,25)18(24)12-22/h13-18,22-25H,3-12H2,1-2H3/t13-,14?,15+,16-,17-,18?,19-,20-,21-/m0/s1. The fourth-order valence-corrected chi connectivity index (χ4v) is 7.98. The van der Waals surface area contributed by atoms with Gasteiger partial charge in [-0.15, -0.1) is 0 Å². The molecule has 0 bridgehead atoms. The maximum Gasteiger partial charge on any atom is 0.106 e. The Balaban J connectivity index is 1.62. The summed E-state index contributed by atoms with van der Waals surface area (Å²) in [5.74, 6) is 2.40. The Morgan fingerprint density at radius 3 is 2.40 bits per heavy atom. The van der Waals surface area contributed by atoms with Crippen LogP contribution in [-0.4, -0.2) is 44.8 Å². The minimum absolute atomic E-state index is 0.111. The van der Waals surface area contributed by atoms with Crippen LogP contribution in [0.4, 0.5) is 0 Å². The second-order valence-corrected chi connectivity index (χ2v) is 10.2. The molecular weight excluding hydrogens is 316 g/mol. The van der Waals surface area contributed by atoms with Crippen LogP contribution < -0.4 is 0 Å². The molecule has 0 radical (unpaired) electrons. The van der Waals surface area contributed by atoms with Gasteiger partial charge in [-0.05, 0) is 86.9 Å². The highest BCUT2D eigenvalue weighted by molar-refractivity contribution is 5.15. The molecule has 25 heavy (non-hydrogen) atoms. The zero-order valence-electron chi connectivity index (χ0n) is 15.8. The SMILES string of the molecule is C[C@]12CCC(O)C[C@@H]1CC[C@@H]1[C@@H]2CC[C@@]2(C)[C@H]1CC[C@]2(O)C(O)CO. The Labute approximate surface area is 151 Å². The van der Waals surface area contributed by atoms with E-state index in [1.165, 1.54) is 12.8 Å². The maximum atomic E-state index is 11.3. The Kier molecular flexibility index (Phi) is 4.31. The van der Waals surface area contributed by atoms with Crippen molar-refractivity contribution >= 4 is 0 Å². The monoisotopic (exact) mass is 352 g/mol. The van der Waals surface area contributed by atoms with E-state index in [2.05, 4.69) is 13.8 Å². The van der Waals surface area contributed by atoms with Gasteiger partial charge in [-0.3, -0.25) is 0 Å². The van der Waals surface area contributed by atoms with Crippen LogP contribution in [0.25, 0.3) is 0 Å². The van der Waals surface area contributed by atoms with E-state index < -0.39 is 11.7 Å². The van der Waals surface area contributed by atoms with Crippen LogP contribution in [0.3, 0.4) is 0 Å². The minimum Gasteiger partial charge on any atom is -0.394 e. The third-order valence-corrected chi connectivity index (χ3v) is 9.58. The highest BCUT2D eigenvalue weighted by Gasteiger charge is 2.66. The van der Waals surface area contributed by atoms with Gasteiger partial charge in [0.05, 0.1) is 18.3 Å². The minimum atomic E-state index is -1.14. The molecule has 0 spiro atoms. The van der Waals surface area contributed by atoms with E-state index in [4.69, 9.17) is 0 Å². The van der Waals surface area contributed by atoms with E-state index in [1.807, 2.05) is 0 Å². The van der Waals surface area contributed by atoms with Crippen LogP contribution in [0, 0.1) is 34.5 Å². The maximum absolute atomic E-state index is 11.3. The summed E-state index contributed by atoms with van der Waals surface area (Å²) in [6.45, 7) is 4.27. The summed E-state index contributed by atoms with van der Waals surface area (Å²) in [6, 6.07) is 0. The lowest BCUT2D eigenvalue weighted by Gasteiger charge is -2.61. The first-order valence-electron chi connectivity index (χ1n) is 10.5.